The fourth-order valence-electron chi connectivity index (χ4n) is 2.93. The van der Waals surface area contributed by atoms with Gasteiger partial charge in [-0.25, -0.2) is 8.42 Å². The van der Waals surface area contributed by atoms with Crippen molar-refractivity contribution in [1.29, 1.82) is 0 Å². The SMILES string of the molecule is CC(NC(=O)c1ccccc1NS(=O)(=O)C1CNC(O)NC1=O)c1ccccc1. The second-order valence-electron chi connectivity index (χ2n) is 6.61. The topological polar surface area (TPSA) is 137 Å². The molecule has 0 bridgehead atoms. The van der Waals surface area contributed by atoms with E-state index in [0.29, 0.717) is 0 Å². The summed E-state index contributed by atoms with van der Waals surface area (Å²) in [5.74, 6) is -1.29. The molecule has 0 saturated carbocycles. The molecule has 0 aromatic heterocycles. The Morgan fingerprint density at radius 2 is 1.79 bits per heavy atom. The lowest BCUT2D eigenvalue weighted by atomic mass is 10.1. The summed E-state index contributed by atoms with van der Waals surface area (Å²) in [5, 5.41) is 15.3. The number of carbonyl (C=O) groups is 2. The van der Waals surface area contributed by atoms with Crippen molar-refractivity contribution < 1.29 is 23.1 Å². The lowest BCUT2D eigenvalue weighted by Gasteiger charge is -2.27. The highest BCUT2D eigenvalue weighted by molar-refractivity contribution is 7.94. The van der Waals surface area contributed by atoms with Gasteiger partial charge in [0.2, 0.25) is 15.9 Å². The van der Waals surface area contributed by atoms with Crippen molar-refractivity contribution in [2.75, 3.05) is 11.3 Å². The number of anilines is 1. The second kappa shape index (κ2) is 8.60. The number of hydrogen-bond acceptors (Lipinski definition) is 6. The normalized spacial score (nSPS) is 20.4. The van der Waals surface area contributed by atoms with Crippen LogP contribution in [-0.2, 0) is 14.8 Å². The average Bonchev–Trinajstić information content (AvgIpc) is 2.68. The van der Waals surface area contributed by atoms with Gasteiger partial charge in [0.1, 0.15) is 0 Å². The molecule has 0 radical (unpaired) electrons. The Labute approximate surface area is 168 Å². The Kier molecular flexibility index (Phi) is 6.16. The van der Waals surface area contributed by atoms with E-state index in [4.69, 9.17) is 0 Å². The molecule has 10 heteroatoms. The van der Waals surface area contributed by atoms with Gasteiger partial charge in [0, 0.05) is 6.54 Å². The first-order chi connectivity index (χ1) is 13.8. The van der Waals surface area contributed by atoms with Crippen LogP contribution < -0.4 is 20.7 Å². The number of hydrogen-bond donors (Lipinski definition) is 5. The summed E-state index contributed by atoms with van der Waals surface area (Å²) in [6, 6.07) is 15.2. The van der Waals surface area contributed by atoms with Crippen LogP contribution in [0.1, 0.15) is 28.9 Å². The molecule has 1 aliphatic heterocycles. The molecule has 9 nitrogen and oxygen atoms in total. The molecule has 3 rings (SSSR count). The smallest absolute Gasteiger partial charge is 0.253 e. The highest BCUT2D eigenvalue weighted by Crippen LogP contribution is 2.20. The summed E-state index contributed by atoms with van der Waals surface area (Å²) in [5.41, 5.74) is 1.09. The van der Waals surface area contributed by atoms with Gasteiger partial charge < -0.3 is 15.7 Å². The number of aliphatic hydroxyl groups excluding tert-OH is 1. The maximum atomic E-state index is 12.7. The predicted octanol–water partition coefficient (Wildman–Crippen LogP) is 0.283. The molecule has 154 valence electrons. The molecule has 1 heterocycles. The van der Waals surface area contributed by atoms with Gasteiger partial charge in [0.15, 0.2) is 11.6 Å². The van der Waals surface area contributed by atoms with Gasteiger partial charge in [0.25, 0.3) is 5.91 Å². The van der Waals surface area contributed by atoms with Crippen LogP contribution in [0.2, 0.25) is 0 Å². The maximum Gasteiger partial charge on any atom is 0.253 e. The zero-order valence-electron chi connectivity index (χ0n) is 15.6. The molecule has 2 amide bonds. The first-order valence-electron chi connectivity index (χ1n) is 8.96. The van der Waals surface area contributed by atoms with Crippen LogP contribution in [0, 0.1) is 0 Å². The summed E-state index contributed by atoms with van der Waals surface area (Å²) >= 11 is 0. The molecule has 3 unspecified atom stereocenters. The minimum Gasteiger partial charge on any atom is -0.361 e. The maximum absolute atomic E-state index is 12.7. The molecule has 2 aromatic carbocycles. The first kappa shape index (κ1) is 20.8. The van der Waals surface area contributed by atoms with Crippen LogP contribution in [-0.4, -0.2) is 43.5 Å². The van der Waals surface area contributed by atoms with Crippen molar-refractivity contribution >= 4 is 27.5 Å². The number of aliphatic hydroxyl groups is 1. The Balaban J connectivity index is 1.78. The van der Waals surface area contributed by atoms with Crippen molar-refractivity contribution in [2.24, 2.45) is 0 Å². The molecule has 0 spiro atoms. The number of carbonyl (C=O) groups excluding carboxylic acids is 2. The Morgan fingerprint density at radius 3 is 2.48 bits per heavy atom. The van der Waals surface area contributed by atoms with Crippen LogP contribution in [0.3, 0.4) is 0 Å². The van der Waals surface area contributed by atoms with E-state index >= 15 is 0 Å². The van der Waals surface area contributed by atoms with E-state index in [1.165, 1.54) is 12.1 Å². The molecule has 2 aromatic rings. The van der Waals surface area contributed by atoms with E-state index < -0.39 is 33.4 Å². The van der Waals surface area contributed by atoms with Crippen LogP contribution in [0.15, 0.2) is 54.6 Å². The summed E-state index contributed by atoms with van der Waals surface area (Å²) in [6.07, 6.45) is -1.30. The molecule has 1 fully saturated rings. The molecule has 3 atom stereocenters. The zero-order chi connectivity index (χ0) is 21.0. The van der Waals surface area contributed by atoms with E-state index in [0.717, 1.165) is 5.56 Å². The lowest BCUT2D eigenvalue weighted by molar-refractivity contribution is -0.126. The lowest BCUT2D eigenvalue weighted by Crippen LogP contribution is -2.61. The van der Waals surface area contributed by atoms with Crippen LogP contribution in [0.5, 0.6) is 0 Å². The molecule has 5 N–H and O–H groups in total. The van der Waals surface area contributed by atoms with E-state index in [9.17, 15) is 23.1 Å². The quantitative estimate of drug-likeness (QED) is 0.457. The van der Waals surface area contributed by atoms with E-state index in [1.54, 1.807) is 12.1 Å². The summed E-state index contributed by atoms with van der Waals surface area (Å²) < 4.78 is 27.7. The standard InChI is InChI=1S/C19H22N4O5S/c1-12(13-7-3-2-4-8-13)21-17(24)14-9-5-6-10-15(14)23-29(27,28)16-11-20-19(26)22-18(16)25/h2-10,12,16,19-20,23,26H,11H2,1H3,(H,21,24)(H,22,25). The molecule has 29 heavy (non-hydrogen) atoms. The Bertz CT molecular complexity index is 997. The third-order valence-electron chi connectivity index (χ3n) is 4.51. The predicted molar refractivity (Wildman–Crippen MR) is 107 cm³/mol. The zero-order valence-corrected chi connectivity index (χ0v) is 16.4. The van der Waals surface area contributed by atoms with E-state index in [-0.39, 0.29) is 23.8 Å². The van der Waals surface area contributed by atoms with Gasteiger partial charge in [-0.2, -0.15) is 0 Å². The van der Waals surface area contributed by atoms with Crippen LogP contribution >= 0.6 is 0 Å². The number of para-hydroxylation sites is 1. The highest BCUT2D eigenvalue weighted by atomic mass is 32.2. The second-order valence-corrected chi connectivity index (χ2v) is 8.47. The number of amides is 2. The van der Waals surface area contributed by atoms with Gasteiger partial charge in [-0.1, -0.05) is 42.5 Å². The van der Waals surface area contributed by atoms with E-state index in [2.05, 4.69) is 20.7 Å². The largest absolute Gasteiger partial charge is 0.361 e. The summed E-state index contributed by atoms with van der Waals surface area (Å²) in [6.45, 7) is 1.56. The number of sulfonamides is 1. The number of nitrogens with one attached hydrogen (secondary N) is 4. The van der Waals surface area contributed by atoms with Gasteiger partial charge in [-0.3, -0.25) is 19.6 Å². The fourth-order valence-corrected chi connectivity index (χ4v) is 4.23. The molecule has 0 aliphatic carbocycles. The van der Waals surface area contributed by atoms with Crippen LogP contribution in [0.4, 0.5) is 5.69 Å². The van der Waals surface area contributed by atoms with Gasteiger partial charge >= 0.3 is 0 Å². The summed E-state index contributed by atoms with van der Waals surface area (Å²) in [4.78, 5) is 24.7. The minimum atomic E-state index is -4.16. The third-order valence-corrected chi connectivity index (χ3v) is 6.15. The Hall–Kier alpha value is -2.95. The number of rotatable bonds is 6. The molecular formula is C19H22N4O5S. The molecular weight excluding hydrogens is 396 g/mol. The van der Waals surface area contributed by atoms with Crippen LogP contribution in [0.25, 0.3) is 0 Å². The average molecular weight is 418 g/mol. The minimum absolute atomic E-state index is 0.0594. The molecule has 1 saturated heterocycles. The summed E-state index contributed by atoms with van der Waals surface area (Å²) in [7, 11) is -4.16. The fraction of sp³-hybridized carbons (Fsp3) is 0.263. The van der Waals surface area contributed by atoms with Crippen molar-refractivity contribution in [1.82, 2.24) is 16.0 Å². The van der Waals surface area contributed by atoms with Gasteiger partial charge in [0.05, 0.1) is 17.3 Å². The van der Waals surface area contributed by atoms with Gasteiger partial charge in [-0.05, 0) is 24.6 Å². The van der Waals surface area contributed by atoms with Crippen molar-refractivity contribution in [3.05, 3.63) is 65.7 Å². The van der Waals surface area contributed by atoms with Crippen molar-refractivity contribution in [2.45, 2.75) is 24.6 Å². The third kappa shape index (κ3) is 4.91. The number of benzene rings is 2. The monoisotopic (exact) mass is 418 g/mol. The molecule has 1 aliphatic rings. The van der Waals surface area contributed by atoms with E-state index in [1.807, 2.05) is 37.3 Å². The van der Waals surface area contributed by atoms with Crippen molar-refractivity contribution in [3.8, 4) is 0 Å². The van der Waals surface area contributed by atoms with Crippen molar-refractivity contribution in [3.63, 3.8) is 0 Å². The van der Waals surface area contributed by atoms with Gasteiger partial charge in [-0.15, -0.1) is 0 Å². The highest BCUT2D eigenvalue weighted by Gasteiger charge is 2.37. The Morgan fingerprint density at radius 1 is 1.14 bits per heavy atom. The first-order valence-corrected chi connectivity index (χ1v) is 10.5.